The van der Waals surface area contributed by atoms with Crippen molar-refractivity contribution in [3.63, 3.8) is 0 Å². The second-order valence-electron chi connectivity index (χ2n) is 4.52. The van der Waals surface area contributed by atoms with Gasteiger partial charge in [-0.2, -0.15) is 0 Å². The maximum atomic E-state index is 11.5. The van der Waals surface area contributed by atoms with Gasteiger partial charge < -0.3 is 10.2 Å². The van der Waals surface area contributed by atoms with Crippen LogP contribution in [-0.4, -0.2) is 22.2 Å². The Labute approximate surface area is 93.3 Å². The lowest BCUT2D eigenvalue weighted by atomic mass is 9.67. The summed E-state index contributed by atoms with van der Waals surface area (Å²) in [6, 6.07) is 0. The van der Waals surface area contributed by atoms with Crippen LogP contribution in [0.2, 0.25) is 0 Å². The first-order valence-corrected chi connectivity index (χ1v) is 5.36. The summed E-state index contributed by atoms with van der Waals surface area (Å²) in [6.45, 7) is 1.69. The molecular formula is C12H14O4. The molecule has 1 saturated carbocycles. The summed E-state index contributed by atoms with van der Waals surface area (Å²) < 4.78 is 0. The van der Waals surface area contributed by atoms with Crippen molar-refractivity contribution in [3.05, 3.63) is 23.8 Å². The molecule has 2 atom stereocenters. The zero-order valence-electron chi connectivity index (χ0n) is 9.01. The fourth-order valence-electron chi connectivity index (χ4n) is 2.60. The van der Waals surface area contributed by atoms with Crippen LogP contribution in [0.5, 0.6) is 0 Å². The summed E-state index contributed by atoms with van der Waals surface area (Å²) in [6.07, 6.45) is 6.46. The van der Waals surface area contributed by atoms with E-state index in [0.29, 0.717) is 0 Å². The molecule has 0 spiro atoms. The Morgan fingerprint density at radius 2 is 2.00 bits per heavy atom. The number of carbonyl (C=O) groups is 2. The zero-order chi connectivity index (χ0) is 11.9. The lowest BCUT2D eigenvalue weighted by Crippen LogP contribution is -2.41. The van der Waals surface area contributed by atoms with Crippen molar-refractivity contribution in [2.75, 3.05) is 0 Å². The average Bonchev–Trinajstić information content (AvgIpc) is 3.01. The second kappa shape index (κ2) is 3.47. The van der Waals surface area contributed by atoms with Gasteiger partial charge in [0.05, 0.1) is 5.41 Å². The molecular weight excluding hydrogens is 208 g/mol. The molecule has 4 heteroatoms. The summed E-state index contributed by atoms with van der Waals surface area (Å²) in [4.78, 5) is 22.5. The van der Waals surface area contributed by atoms with Crippen LogP contribution >= 0.6 is 0 Å². The summed E-state index contributed by atoms with van der Waals surface area (Å²) in [5, 5.41) is 18.4. The first-order chi connectivity index (χ1) is 7.50. The predicted molar refractivity (Wildman–Crippen MR) is 56.8 cm³/mol. The molecule has 0 radical (unpaired) electrons. The van der Waals surface area contributed by atoms with Gasteiger partial charge in [0.1, 0.15) is 0 Å². The van der Waals surface area contributed by atoms with Gasteiger partial charge in [-0.25, -0.2) is 4.79 Å². The molecule has 4 nitrogen and oxygen atoms in total. The third kappa shape index (κ3) is 1.37. The van der Waals surface area contributed by atoms with Crippen molar-refractivity contribution < 1.29 is 19.8 Å². The van der Waals surface area contributed by atoms with Crippen molar-refractivity contribution in [3.8, 4) is 0 Å². The third-order valence-electron chi connectivity index (χ3n) is 3.70. The highest BCUT2D eigenvalue weighted by Gasteiger charge is 2.55. The molecule has 0 amide bonds. The molecule has 16 heavy (non-hydrogen) atoms. The molecule has 0 saturated heterocycles. The Hall–Kier alpha value is -1.58. The molecule has 0 aliphatic heterocycles. The van der Waals surface area contributed by atoms with E-state index in [0.717, 1.165) is 12.8 Å². The fourth-order valence-corrected chi connectivity index (χ4v) is 2.60. The number of carboxylic acid groups (broad SMARTS) is 2. The molecule has 86 valence electrons. The first kappa shape index (κ1) is 10.9. The van der Waals surface area contributed by atoms with Gasteiger partial charge in [-0.1, -0.05) is 25.2 Å². The van der Waals surface area contributed by atoms with Crippen molar-refractivity contribution in [1.29, 1.82) is 0 Å². The number of aliphatic carboxylic acids is 2. The van der Waals surface area contributed by atoms with Gasteiger partial charge in [0, 0.05) is 11.5 Å². The molecule has 2 aliphatic carbocycles. The minimum Gasteiger partial charge on any atom is -0.481 e. The van der Waals surface area contributed by atoms with Crippen LogP contribution in [-0.2, 0) is 9.59 Å². The molecule has 2 N–H and O–H groups in total. The Bertz CT molecular complexity index is 403. The van der Waals surface area contributed by atoms with Gasteiger partial charge in [0.15, 0.2) is 0 Å². The van der Waals surface area contributed by atoms with Crippen LogP contribution in [0.4, 0.5) is 0 Å². The van der Waals surface area contributed by atoms with Gasteiger partial charge in [-0.15, -0.1) is 0 Å². The van der Waals surface area contributed by atoms with Crippen LogP contribution in [0.3, 0.4) is 0 Å². The summed E-state index contributed by atoms with van der Waals surface area (Å²) in [7, 11) is 0. The molecule has 2 aliphatic rings. The van der Waals surface area contributed by atoms with Crippen LogP contribution in [0.15, 0.2) is 23.8 Å². The summed E-state index contributed by atoms with van der Waals surface area (Å²) >= 11 is 0. The van der Waals surface area contributed by atoms with E-state index in [2.05, 4.69) is 0 Å². The Morgan fingerprint density at radius 3 is 2.44 bits per heavy atom. The van der Waals surface area contributed by atoms with E-state index in [1.54, 1.807) is 19.1 Å². The zero-order valence-corrected chi connectivity index (χ0v) is 9.01. The highest BCUT2D eigenvalue weighted by Crippen LogP contribution is 2.54. The predicted octanol–water partition coefficient (Wildman–Crippen LogP) is 1.68. The van der Waals surface area contributed by atoms with Gasteiger partial charge in [0.2, 0.25) is 0 Å². The Morgan fingerprint density at radius 1 is 1.38 bits per heavy atom. The van der Waals surface area contributed by atoms with Crippen LogP contribution in [0.1, 0.15) is 19.8 Å². The van der Waals surface area contributed by atoms with Gasteiger partial charge in [-0.3, -0.25) is 4.79 Å². The number of hydrogen-bond donors (Lipinski definition) is 2. The van der Waals surface area contributed by atoms with Crippen LogP contribution < -0.4 is 0 Å². The number of hydrogen-bond acceptors (Lipinski definition) is 2. The topological polar surface area (TPSA) is 74.6 Å². The minimum absolute atomic E-state index is 0.0827. The smallest absolute Gasteiger partial charge is 0.331 e. The minimum atomic E-state index is -1.02. The molecule has 2 unspecified atom stereocenters. The maximum absolute atomic E-state index is 11.5. The van der Waals surface area contributed by atoms with Crippen LogP contribution in [0, 0.1) is 17.3 Å². The van der Waals surface area contributed by atoms with Gasteiger partial charge in [0.25, 0.3) is 0 Å². The number of carboxylic acids is 2. The standard InChI is InChI=1S/C12H14O4/c1-7-9(10(13)14)3-2-6-12(7,11(15)16)8-4-5-8/h2-3,6-8H,4-5H2,1H3,(H,13,14)(H,15,16). The highest BCUT2D eigenvalue weighted by molar-refractivity contribution is 5.91. The first-order valence-electron chi connectivity index (χ1n) is 5.36. The maximum Gasteiger partial charge on any atom is 0.331 e. The van der Waals surface area contributed by atoms with Crippen molar-refractivity contribution in [1.82, 2.24) is 0 Å². The largest absolute Gasteiger partial charge is 0.481 e. The molecule has 1 fully saturated rings. The second-order valence-corrected chi connectivity index (χ2v) is 4.52. The van der Waals surface area contributed by atoms with Crippen molar-refractivity contribution >= 4 is 11.9 Å². The molecule has 0 aromatic carbocycles. The Balaban J connectivity index is 2.43. The lowest BCUT2D eigenvalue weighted by molar-refractivity contribution is -0.149. The molecule has 2 rings (SSSR count). The van der Waals surface area contributed by atoms with E-state index in [-0.39, 0.29) is 11.5 Å². The van der Waals surface area contributed by atoms with E-state index in [1.165, 1.54) is 6.08 Å². The van der Waals surface area contributed by atoms with Gasteiger partial charge >= 0.3 is 11.9 Å². The molecule has 0 aromatic heterocycles. The van der Waals surface area contributed by atoms with Gasteiger partial charge in [-0.05, 0) is 18.8 Å². The molecule has 0 heterocycles. The van der Waals surface area contributed by atoms with E-state index in [4.69, 9.17) is 5.11 Å². The Kier molecular flexibility index (Phi) is 2.37. The van der Waals surface area contributed by atoms with E-state index in [9.17, 15) is 14.7 Å². The fraction of sp³-hybridized carbons (Fsp3) is 0.500. The number of allylic oxidation sites excluding steroid dienone is 2. The normalized spacial score (nSPS) is 33.3. The van der Waals surface area contributed by atoms with Crippen molar-refractivity contribution in [2.24, 2.45) is 17.3 Å². The average molecular weight is 222 g/mol. The third-order valence-corrected chi connectivity index (χ3v) is 3.70. The van der Waals surface area contributed by atoms with E-state index < -0.39 is 23.3 Å². The monoisotopic (exact) mass is 222 g/mol. The summed E-state index contributed by atoms with van der Waals surface area (Å²) in [5.41, 5.74) is -0.820. The van der Waals surface area contributed by atoms with E-state index >= 15 is 0 Å². The molecule has 0 aromatic rings. The van der Waals surface area contributed by atoms with Crippen molar-refractivity contribution in [2.45, 2.75) is 19.8 Å². The number of rotatable bonds is 3. The lowest BCUT2D eigenvalue weighted by Gasteiger charge is -2.35. The highest BCUT2D eigenvalue weighted by atomic mass is 16.4. The summed E-state index contributed by atoms with van der Waals surface area (Å²) in [5.74, 6) is -2.33. The quantitative estimate of drug-likeness (QED) is 0.761. The SMILES string of the molecule is CC1C(C(=O)O)=CC=CC1(C(=O)O)C1CC1. The molecule has 0 bridgehead atoms. The van der Waals surface area contributed by atoms with E-state index in [1.807, 2.05) is 0 Å². The van der Waals surface area contributed by atoms with Crippen LogP contribution in [0.25, 0.3) is 0 Å².